The Kier molecular flexibility index (Phi) is 4.74. The monoisotopic (exact) mass is 266 g/mol. The molecule has 3 N–H and O–H groups in total. The zero-order chi connectivity index (χ0) is 13.7. The van der Waals surface area contributed by atoms with Gasteiger partial charge in [-0.15, -0.1) is 0 Å². The third-order valence-corrected chi connectivity index (χ3v) is 3.39. The maximum Gasteiger partial charge on any atom is 0.162 e. The maximum absolute atomic E-state index is 6.01. The second-order valence-electron chi connectivity index (χ2n) is 4.76. The van der Waals surface area contributed by atoms with Crippen LogP contribution in [0, 0.1) is 5.92 Å². The van der Waals surface area contributed by atoms with Crippen LogP contribution in [0.4, 0.5) is 11.4 Å². The summed E-state index contributed by atoms with van der Waals surface area (Å²) in [6.45, 7) is 2.56. The first kappa shape index (κ1) is 13.8. The smallest absolute Gasteiger partial charge is 0.162 e. The van der Waals surface area contributed by atoms with E-state index < -0.39 is 0 Å². The molecule has 1 aliphatic heterocycles. The Bertz CT molecular complexity index is 417. The molecule has 0 aliphatic carbocycles. The number of nitrogen functional groups attached to an aromatic ring is 1. The molecule has 1 heterocycles. The fourth-order valence-electron chi connectivity index (χ4n) is 2.27. The number of anilines is 2. The van der Waals surface area contributed by atoms with E-state index in [0.717, 1.165) is 31.9 Å². The average molecular weight is 266 g/mol. The van der Waals surface area contributed by atoms with Crippen molar-refractivity contribution < 1.29 is 14.2 Å². The topological polar surface area (TPSA) is 65.7 Å². The zero-order valence-corrected chi connectivity index (χ0v) is 11.6. The highest BCUT2D eigenvalue weighted by molar-refractivity contribution is 5.72. The van der Waals surface area contributed by atoms with Gasteiger partial charge in [-0.25, -0.2) is 0 Å². The number of ether oxygens (including phenoxy) is 3. The van der Waals surface area contributed by atoms with Gasteiger partial charge in [-0.2, -0.15) is 0 Å². The highest BCUT2D eigenvalue weighted by Gasteiger charge is 2.15. The molecule has 106 valence electrons. The van der Waals surface area contributed by atoms with Crippen LogP contribution in [0.3, 0.4) is 0 Å². The van der Waals surface area contributed by atoms with Crippen LogP contribution in [0.1, 0.15) is 12.8 Å². The van der Waals surface area contributed by atoms with Crippen molar-refractivity contribution >= 4 is 11.4 Å². The highest BCUT2D eigenvalue weighted by Crippen LogP contribution is 2.35. The van der Waals surface area contributed by atoms with Crippen LogP contribution >= 0.6 is 0 Å². The van der Waals surface area contributed by atoms with E-state index in [1.807, 2.05) is 6.07 Å². The largest absolute Gasteiger partial charge is 0.493 e. The third-order valence-electron chi connectivity index (χ3n) is 3.39. The Morgan fingerprint density at radius 1 is 1.32 bits per heavy atom. The molecule has 2 rings (SSSR count). The van der Waals surface area contributed by atoms with Gasteiger partial charge in [0.05, 0.1) is 32.2 Å². The lowest BCUT2D eigenvalue weighted by atomic mass is 10.0. The van der Waals surface area contributed by atoms with Gasteiger partial charge in [-0.05, 0) is 18.8 Å². The van der Waals surface area contributed by atoms with E-state index in [1.165, 1.54) is 6.42 Å². The molecule has 1 aromatic carbocycles. The summed E-state index contributed by atoms with van der Waals surface area (Å²) < 4.78 is 16.0. The predicted octanol–water partition coefficient (Wildman–Crippen LogP) is 2.12. The normalized spacial score (nSPS) is 18.9. The number of nitrogens with one attached hydrogen (secondary N) is 1. The molecular formula is C14H22N2O3. The Hall–Kier alpha value is -1.62. The molecule has 0 radical (unpaired) electrons. The molecule has 1 aromatic rings. The van der Waals surface area contributed by atoms with Gasteiger partial charge >= 0.3 is 0 Å². The number of methoxy groups -OCH3 is 2. The van der Waals surface area contributed by atoms with Crippen molar-refractivity contribution in [2.45, 2.75) is 12.8 Å². The Morgan fingerprint density at radius 2 is 2.05 bits per heavy atom. The van der Waals surface area contributed by atoms with Crippen molar-refractivity contribution in [3.63, 3.8) is 0 Å². The van der Waals surface area contributed by atoms with Gasteiger partial charge in [-0.3, -0.25) is 0 Å². The lowest BCUT2D eigenvalue weighted by Crippen LogP contribution is -2.24. The molecule has 1 unspecified atom stereocenters. The first-order valence-corrected chi connectivity index (χ1v) is 6.57. The molecule has 1 saturated heterocycles. The van der Waals surface area contributed by atoms with Crippen molar-refractivity contribution in [1.29, 1.82) is 0 Å². The summed E-state index contributed by atoms with van der Waals surface area (Å²) in [6, 6.07) is 3.65. The van der Waals surface area contributed by atoms with Gasteiger partial charge in [-0.1, -0.05) is 0 Å². The molecule has 0 bridgehead atoms. The van der Waals surface area contributed by atoms with E-state index in [1.54, 1.807) is 20.3 Å². The fraction of sp³-hybridized carbons (Fsp3) is 0.571. The van der Waals surface area contributed by atoms with Crippen LogP contribution in [0.2, 0.25) is 0 Å². The minimum Gasteiger partial charge on any atom is -0.493 e. The van der Waals surface area contributed by atoms with Crippen molar-refractivity contribution in [2.24, 2.45) is 5.92 Å². The standard InChI is InChI=1S/C14H22N2O3/c1-17-13-6-11(15)12(7-14(13)18-2)16-8-10-4-3-5-19-9-10/h6-7,10,16H,3-5,8-9,15H2,1-2H3. The summed E-state index contributed by atoms with van der Waals surface area (Å²) in [5, 5.41) is 3.37. The third kappa shape index (κ3) is 3.44. The number of hydrogen-bond acceptors (Lipinski definition) is 5. The van der Waals surface area contributed by atoms with Gasteiger partial charge < -0.3 is 25.3 Å². The molecule has 1 aliphatic rings. The molecule has 0 amide bonds. The van der Waals surface area contributed by atoms with Crippen molar-refractivity contribution in [3.05, 3.63) is 12.1 Å². The summed E-state index contributed by atoms with van der Waals surface area (Å²) >= 11 is 0. The van der Waals surface area contributed by atoms with Gasteiger partial charge in [0.2, 0.25) is 0 Å². The van der Waals surface area contributed by atoms with E-state index in [9.17, 15) is 0 Å². The lowest BCUT2D eigenvalue weighted by molar-refractivity contribution is 0.0595. The second-order valence-corrected chi connectivity index (χ2v) is 4.76. The van der Waals surface area contributed by atoms with Crippen LogP contribution in [-0.4, -0.2) is 34.0 Å². The Balaban J connectivity index is 2.02. The highest BCUT2D eigenvalue weighted by atomic mass is 16.5. The maximum atomic E-state index is 6.01. The van der Waals surface area contributed by atoms with Crippen LogP contribution in [0.5, 0.6) is 11.5 Å². The van der Waals surface area contributed by atoms with Crippen LogP contribution < -0.4 is 20.5 Å². The van der Waals surface area contributed by atoms with Crippen LogP contribution in [0.25, 0.3) is 0 Å². The first-order valence-electron chi connectivity index (χ1n) is 6.57. The summed E-state index contributed by atoms with van der Waals surface area (Å²) in [7, 11) is 3.22. The summed E-state index contributed by atoms with van der Waals surface area (Å²) in [4.78, 5) is 0. The van der Waals surface area contributed by atoms with E-state index >= 15 is 0 Å². The van der Waals surface area contributed by atoms with Gasteiger partial charge in [0, 0.05) is 25.3 Å². The van der Waals surface area contributed by atoms with Crippen molar-refractivity contribution in [1.82, 2.24) is 0 Å². The van der Waals surface area contributed by atoms with E-state index in [2.05, 4.69) is 5.32 Å². The van der Waals surface area contributed by atoms with E-state index in [-0.39, 0.29) is 0 Å². The summed E-state index contributed by atoms with van der Waals surface area (Å²) in [5.74, 6) is 1.87. The van der Waals surface area contributed by atoms with E-state index in [0.29, 0.717) is 23.1 Å². The Morgan fingerprint density at radius 3 is 2.68 bits per heavy atom. The van der Waals surface area contributed by atoms with Gasteiger partial charge in [0.25, 0.3) is 0 Å². The SMILES string of the molecule is COc1cc(N)c(NCC2CCCOC2)cc1OC. The summed E-state index contributed by atoms with van der Waals surface area (Å²) in [6.07, 6.45) is 2.33. The molecule has 5 heteroatoms. The van der Waals surface area contributed by atoms with Crippen molar-refractivity contribution in [2.75, 3.05) is 45.0 Å². The molecule has 0 spiro atoms. The first-order chi connectivity index (χ1) is 9.24. The fourth-order valence-corrected chi connectivity index (χ4v) is 2.27. The molecular weight excluding hydrogens is 244 g/mol. The lowest BCUT2D eigenvalue weighted by Gasteiger charge is -2.23. The molecule has 1 fully saturated rings. The molecule has 0 aromatic heterocycles. The number of benzene rings is 1. The molecule has 19 heavy (non-hydrogen) atoms. The number of hydrogen-bond donors (Lipinski definition) is 2. The quantitative estimate of drug-likeness (QED) is 0.799. The molecule has 1 atom stereocenters. The van der Waals surface area contributed by atoms with Gasteiger partial charge in [0.15, 0.2) is 11.5 Å². The minimum absolute atomic E-state index is 0.543. The van der Waals surface area contributed by atoms with Gasteiger partial charge in [0.1, 0.15) is 0 Å². The average Bonchev–Trinajstić information content (AvgIpc) is 2.46. The van der Waals surface area contributed by atoms with Crippen LogP contribution in [-0.2, 0) is 4.74 Å². The number of nitrogens with two attached hydrogens (primary N) is 1. The Labute approximate surface area is 114 Å². The molecule has 0 saturated carbocycles. The second kappa shape index (κ2) is 6.52. The molecule has 5 nitrogen and oxygen atoms in total. The van der Waals surface area contributed by atoms with E-state index in [4.69, 9.17) is 19.9 Å². The predicted molar refractivity (Wildman–Crippen MR) is 76.0 cm³/mol. The van der Waals surface area contributed by atoms with Crippen molar-refractivity contribution in [3.8, 4) is 11.5 Å². The number of rotatable bonds is 5. The summed E-state index contributed by atoms with van der Waals surface area (Å²) in [5.41, 5.74) is 7.55. The minimum atomic E-state index is 0.543. The van der Waals surface area contributed by atoms with Crippen LogP contribution in [0.15, 0.2) is 12.1 Å². The zero-order valence-electron chi connectivity index (χ0n) is 11.6.